The van der Waals surface area contributed by atoms with Gasteiger partial charge in [-0.15, -0.1) is 0 Å². The van der Waals surface area contributed by atoms with Gasteiger partial charge in [0.15, 0.2) is 0 Å². The number of ether oxygens (including phenoxy) is 1. The lowest BCUT2D eigenvalue weighted by Gasteiger charge is -2.32. The Morgan fingerprint density at radius 3 is 2.40 bits per heavy atom. The van der Waals surface area contributed by atoms with Crippen molar-refractivity contribution in [2.75, 3.05) is 7.11 Å². The summed E-state index contributed by atoms with van der Waals surface area (Å²) in [5, 5.41) is 4.28. The normalized spacial score (nSPS) is 20.6. The summed E-state index contributed by atoms with van der Waals surface area (Å²) in [4.78, 5) is 0. The van der Waals surface area contributed by atoms with Crippen LogP contribution in [0.25, 0.3) is 5.52 Å². The van der Waals surface area contributed by atoms with Crippen molar-refractivity contribution < 1.29 is 14.0 Å². The summed E-state index contributed by atoms with van der Waals surface area (Å²) in [7, 11) is 1.24. The number of nitrogens with zero attached hydrogens (tertiary/aromatic N) is 2. The van der Waals surface area contributed by atoms with E-state index >= 15 is 0 Å². The first-order valence-electron chi connectivity index (χ1n) is 6.71. The van der Waals surface area contributed by atoms with E-state index in [0.717, 1.165) is 16.7 Å². The molecule has 0 N–H and O–H groups in total. The van der Waals surface area contributed by atoms with Crippen LogP contribution in [-0.2, 0) is 9.31 Å². The predicted octanol–water partition coefficient (Wildman–Crippen LogP) is 1.64. The fraction of sp³-hybridized carbons (Fsp3) is 0.500. The number of rotatable bonds is 2. The van der Waals surface area contributed by atoms with Crippen LogP contribution in [0.5, 0.6) is 5.75 Å². The van der Waals surface area contributed by atoms with Crippen LogP contribution >= 0.6 is 0 Å². The molecular formula is C14H19BN2O3. The topological polar surface area (TPSA) is 45.0 Å². The Hall–Kier alpha value is -1.53. The molecule has 3 rings (SSSR count). The maximum absolute atomic E-state index is 6.10. The van der Waals surface area contributed by atoms with E-state index in [4.69, 9.17) is 14.0 Å². The third kappa shape index (κ3) is 1.83. The maximum Gasteiger partial charge on any atom is 0.497 e. The zero-order chi connectivity index (χ0) is 14.5. The molecule has 1 saturated heterocycles. The average Bonchev–Trinajstić information content (AvgIpc) is 2.88. The molecule has 2 aromatic heterocycles. The van der Waals surface area contributed by atoms with Crippen LogP contribution < -0.4 is 10.2 Å². The molecule has 0 unspecified atom stereocenters. The van der Waals surface area contributed by atoms with Gasteiger partial charge in [-0.1, -0.05) is 0 Å². The monoisotopic (exact) mass is 274 g/mol. The Kier molecular flexibility index (Phi) is 2.85. The van der Waals surface area contributed by atoms with Crippen LogP contribution in [0.2, 0.25) is 0 Å². The van der Waals surface area contributed by atoms with Crippen LogP contribution in [0.3, 0.4) is 0 Å². The van der Waals surface area contributed by atoms with Crippen LogP contribution in [-0.4, -0.2) is 35.0 Å². The van der Waals surface area contributed by atoms with Gasteiger partial charge >= 0.3 is 7.12 Å². The summed E-state index contributed by atoms with van der Waals surface area (Å²) in [5.41, 5.74) is 1.10. The largest absolute Gasteiger partial charge is 0.497 e. The number of aromatic nitrogens is 2. The smallest absolute Gasteiger partial charge is 0.494 e. The van der Waals surface area contributed by atoms with Gasteiger partial charge in [-0.05, 0) is 33.8 Å². The molecule has 20 heavy (non-hydrogen) atoms. The molecule has 6 heteroatoms. The van der Waals surface area contributed by atoms with E-state index in [1.807, 2.05) is 46.0 Å². The zero-order valence-electron chi connectivity index (χ0n) is 12.5. The second kappa shape index (κ2) is 4.23. The number of fused-ring (bicyclic) bond motifs is 1. The van der Waals surface area contributed by atoms with Gasteiger partial charge in [-0.2, -0.15) is 5.10 Å². The summed E-state index contributed by atoms with van der Waals surface area (Å²) < 4.78 is 19.4. The second-order valence-electron chi connectivity index (χ2n) is 6.05. The van der Waals surface area contributed by atoms with E-state index in [1.165, 1.54) is 0 Å². The molecule has 0 aliphatic carbocycles. The van der Waals surface area contributed by atoms with E-state index < -0.39 is 7.12 Å². The lowest BCUT2D eigenvalue weighted by Crippen LogP contribution is -2.41. The third-order valence-corrected chi connectivity index (χ3v) is 4.28. The summed E-state index contributed by atoms with van der Waals surface area (Å²) >= 11 is 0. The molecule has 3 heterocycles. The van der Waals surface area contributed by atoms with E-state index in [-0.39, 0.29) is 11.2 Å². The van der Waals surface area contributed by atoms with E-state index in [0.29, 0.717) is 0 Å². The van der Waals surface area contributed by atoms with Gasteiger partial charge < -0.3 is 14.0 Å². The Balaban J connectivity index is 2.09. The first-order chi connectivity index (χ1) is 9.36. The van der Waals surface area contributed by atoms with Gasteiger partial charge in [-0.25, -0.2) is 4.52 Å². The van der Waals surface area contributed by atoms with Gasteiger partial charge in [0.05, 0.1) is 24.5 Å². The molecule has 0 atom stereocenters. The molecule has 0 saturated carbocycles. The molecule has 1 aliphatic heterocycles. The highest BCUT2D eigenvalue weighted by atomic mass is 16.7. The van der Waals surface area contributed by atoms with Crippen LogP contribution in [0.1, 0.15) is 27.7 Å². The maximum atomic E-state index is 6.10. The quantitative estimate of drug-likeness (QED) is 0.781. The average molecular weight is 274 g/mol. The third-order valence-electron chi connectivity index (χ3n) is 4.28. The summed E-state index contributed by atoms with van der Waals surface area (Å²) in [6, 6.07) is 3.80. The SMILES string of the molecule is COc1ccnn2ccc(B3OC(C)(C)C(C)(C)O3)c12. The van der Waals surface area contributed by atoms with Gasteiger partial charge in [0.1, 0.15) is 11.3 Å². The van der Waals surface area contributed by atoms with Crippen molar-refractivity contribution in [3.63, 3.8) is 0 Å². The molecule has 0 amide bonds. The Morgan fingerprint density at radius 1 is 1.15 bits per heavy atom. The van der Waals surface area contributed by atoms with Crippen LogP contribution in [0, 0.1) is 0 Å². The molecule has 0 bridgehead atoms. The van der Waals surface area contributed by atoms with Crippen molar-refractivity contribution in [2.45, 2.75) is 38.9 Å². The Labute approximate surface area is 119 Å². The first kappa shape index (κ1) is 13.5. The highest BCUT2D eigenvalue weighted by Gasteiger charge is 2.52. The lowest BCUT2D eigenvalue weighted by atomic mass is 9.79. The fourth-order valence-corrected chi connectivity index (χ4v) is 2.36. The standard InChI is InChI=1S/C14H19BN2O3/c1-13(2)14(3,4)20-15(19-13)10-7-9-17-12(10)11(18-5)6-8-16-17/h6-9H,1-5H3. The minimum absolute atomic E-state index is 0.360. The molecule has 0 radical (unpaired) electrons. The Morgan fingerprint density at radius 2 is 1.80 bits per heavy atom. The second-order valence-corrected chi connectivity index (χ2v) is 6.05. The van der Waals surface area contributed by atoms with Crippen molar-refractivity contribution in [3.05, 3.63) is 24.5 Å². The van der Waals surface area contributed by atoms with Crippen molar-refractivity contribution in [1.82, 2.24) is 9.61 Å². The van der Waals surface area contributed by atoms with Gasteiger partial charge in [-0.3, -0.25) is 0 Å². The predicted molar refractivity (Wildman–Crippen MR) is 77.5 cm³/mol. The van der Waals surface area contributed by atoms with Gasteiger partial charge in [0.2, 0.25) is 0 Å². The fourth-order valence-electron chi connectivity index (χ4n) is 2.36. The first-order valence-corrected chi connectivity index (χ1v) is 6.71. The molecule has 1 fully saturated rings. The molecule has 106 valence electrons. The zero-order valence-corrected chi connectivity index (χ0v) is 12.5. The van der Waals surface area contributed by atoms with E-state index in [1.54, 1.807) is 17.8 Å². The Bertz CT molecular complexity index is 635. The van der Waals surface area contributed by atoms with Gasteiger partial charge in [0, 0.05) is 17.7 Å². The highest BCUT2D eigenvalue weighted by molar-refractivity contribution is 6.64. The van der Waals surface area contributed by atoms with Crippen molar-refractivity contribution in [2.24, 2.45) is 0 Å². The summed E-state index contributed by atoms with van der Waals surface area (Å²) in [6.45, 7) is 8.17. The van der Waals surface area contributed by atoms with Crippen LogP contribution in [0.15, 0.2) is 24.5 Å². The molecule has 5 nitrogen and oxygen atoms in total. The van der Waals surface area contributed by atoms with E-state index in [9.17, 15) is 0 Å². The van der Waals surface area contributed by atoms with Crippen molar-refractivity contribution in [3.8, 4) is 5.75 Å². The minimum Gasteiger partial charge on any atom is -0.494 e. The summed E-state index contributed by atoms with van der Waals surface area (Å²) in [5.74, 6) is 0.759. The number of methoxy groups -OCH3 is 1. The molecular weight excluding hydrogens is 255 g/mol. The van der Waals surface area contributed by atoms with Crippen molar-refractivity contribution in [1.29, 1.82) is 0 Å². The van der Waals surface area contributed by atoms with Crippen molar-refractivity contribution >= 4 is 18.1 Å². The molecule has 2 aromatic rings. The lowest BCUT2D eigenvalue weighted by molar-refractivity contribution is 0.00578. The molecule has 0 spiro atoms. The number of hydrogen-bond acceptors (Lipinski definition) is 4. The van der Waals surface area contributed by atoms with E-state index in [2.05, 4.69) is 5.10 Å². The highest BCUT2D eigenvalue weighted by Crippen LogP contribution is 2.37. The van der Waals surface area contributed by atoms with Gasteiger partial charge in [0.25, 0.3) is 0 Å². The number of hydrogen-bond donors (Lipinski definition) is 0. The summed E-state index contributed by atoms with van der Waals surface area (Å²) in [6.07, 6.45) is 3.60. The molecule has 1 aliphatic rings. The minimum atomic E-state index is -0.414. The van der Waals surface area contributed by atoms with Crippen LogP contribution in [0.4, 0.5) is 0 Å². The molecule has 0 aromatic carbocycles.